The van der Waals surface area contributed by atoms with Crippen LogP contribution < -0.4 is 15.4 Å². The monoisotopic (exact) mass is 481 g/mol. The quantitative estimate of drug-likeness (QED) is 0.202. The third kappa shape index (κ3) is 11.1. The number of morpholine rings is 1. The molecule has 1 aliphatic rings. The summed E-state index contributed by atoms with van der Waals surface area (Å²) in [5.41, 5.74) is 7.54. The summed E-state index contributed by atoms with van der Waals surface area (Å²) in [5.74, 6) is 0. The zero-order valence-corrected chi connectivity index (χ0v) is 21.6. The fraction of sp³-hybridized carbons (Fsp3) is 0.769. The Morgan fingerprint density at radius 2 is 1.36 bits per heavy atom. The Morgan fingerprint density at radius 3 is 1.88 bits per heavy atom. The van der Waals surface area contributed by atoms with Crippen LogP contribution in [0, 0.1) is 0 Å². The number of anilines is 2. The third-order valence-corrected chi connectivity index (χ3v) is 7.94. The Kier molecular flexibility index (Phi) is 13.8. The first kappa shape index (κ1) is 27.9. The number of benzene rings is 1. The van der Waals surface area contributed by atoms with Crippen molar-refractivity contribution < 1.29 is 13.2 Å². The standard InChI is InChI=1S/C26H47N3O3S/c1-2-3-4-5-6-7-8-9-10-11-12-13-14-15-18-28-33(30,31)24-16-17-26(25(27)23-24)29-19-21-32-22-20-29/h16-17,23,28H,2-15,18-22,27H2,1H3. The summed E-state index contributed by atoms with van der Waals surface area (Å²) >= 11 is 0. The summed E-state index contributed by atoms with van der Waals surface area (Å²) in [6.07, 6.45) is 18.1. The molecular weight excluding hydrogens is 434 g/mol. The lowest BCUT2D eigenvalue weighted by molar-refractivity contribution is 0.123. The summed E-state index contributed by atoms with van der Waals surface area (Å²) in [7, 11) is -3.52. The van der Waals surface area contributed by atoms with Crippen LogP contribution in [0.25, 0.3) is 0 Å². The van der Waals surface area contributed by atoms with Crippen LogP contribution in [-0.4, -0.2) is 41.3 Å². The zero-order chi connectivity index (χ0) is 23.8. The van der Waals surface area contributed by atoms with Gasteiger partial charge in [0.2, 0.25) is 10.0 Å². The lowest BCUT2D eigenvalue weighted by atomic mass is 10.0. The van der Waals surface area contributed by atoms with Gasteiger partial charge >= 0.3 is 0 Å². The first-order valence-corrected chi connectivity index (χ1v) is 14.7. The zero-order valence-electron chi connectivity index (χ0n) is 20.8. The van der Waals surface area contributed by atoms with E-state index in [9.17, 15) is 8.42 Å². The van der Waals surface area contributed by atoms with Crippen molar-refractivity contribution in [2.45, 2.75) is 102 Å². The maximum absolute atomic E-state index is 12.6. The van der Waals surface area contributed by atoms with Crippen molar-refractivity contribution in [3.05, 3.63) is 18.2 Å². The van der Waals surface area contributed by atoms with E-state index in [1.165, 1.54) is 77.0 Å². The minimum absolute atomic E-state index is 0.238. The van der Waals surface area contributed by atoms with Crippen LogP contribution in [0.15, 0.2) is 23.1 Å². The lowest BCUT2D eigenvalue weighted by Crippen LogP contribution is -2.36. The Morgan fingerprint density at radius 1 is 0.848 bits per heavy atom. The van der Waals surface area contributed by atoms with E-state index in [1.807, 2.05) is 6.07 Å². The molecule has 0 radical (unpaired) electrons. The van der Waals surface area contributed by atoms with Crippen molar-refractivity contribution in [2.24, 2.45) is 0 Å². The minimum atomic E-state index is -3.52. The molecule has 0 aliphatic carbocycles. The lowest BCUT2D eigenvalue weighted by Gasteiger charge is -2.30. The minimum Gasteiger partial charge on any atom is -0.397 e. The van der Waals surface area contributed by atoms with Gasteiger partial charge in [0, 0.05) is 19.6 Å². The summed E-state index contributed by atoms with van der Waals surface area (Å²) < 4.78 is 33.3. The van der Waals surface area contributed by atoms with Gasteiger partial charge in [-0.2, -0.15) is 0 Å². The fourth-order valence-corrected chi connectivity index (χ4v) is 5.51. The Labute approximate surface area is 202 Å². The van der Waals surface area contributed by atoms with E-state index < -0.39 is 10.0 Å². The van der Waals surface area contributed by atoms with Crippen molar-refractivity contribution in [3.63, 3.8) is 0 Å². The second-order valence-corrected chi connectivity index (χ2v) is 11.1. The van der Waals surface area contributed by atoms with Crippen molar-refractivity contribution in [1.29, 1.82) is 0 Å². The van der Waals surface area contributed by atoms with Gasteiger partial charge in [-0.25, -0.2) is 13.1 Å². The van der Waals surface area contributed by atoms with Gasteiger partial charge in [0.15, 0.2) is 0 Å². The predicted octanol–water partition coefficient (Wildman–Crippen LogP) is 5.87. The van der Waals surface area contributed by atoms with Crippen molar-refractivity contribution in [3.8, 4) is 0 Å². The molecule has 0 unspecified atom stereocenters. The topological polar surface area (TPSA) is 84.7 Å². The van der Waals surface area contributed by atoms with Gasteiger partial charge < -0.3 is 15.4 Å². The molecule has 1 saturated heterocycles. The second-order valence-electron chi connectivity index (χ2n) is 9.31. The molecule has 190 valence electrons. The van der Waals surface area contributed by atoms with E-state index in [4.69, 9.17) is 10.5 Å². The van der Waals surface area contributed by atoms with Crippen LogP contribution in [-0.2, 0) is 14.8 Å². The van der Waals surface area contributed by atoms with E-state index in [0.717, 1.165) is 31.6 Å². The van der Waals surface area contributed by atoms with Gasteiger partial charge in [0.25, 0.3) is 0 Å². The van der Waals surface area contributed by atoms with Gasteiger partial charge in [0.1, 0.15) is 0 Å². The smallest absolute Gasteiger partial charge is 0.240 e. The number of nitrogens with zero attached hydrogens (tertiary/aromatic N) is 1. The molecule has 0 spiro atoms. The molecule has 0 aromatic heterocycles. The highest BCUT2D eigenvalue weighted by Crippen LogP contribution is 2.27. The SMILES string of the molecule is CCCCCCCCCCCCCCCCNS(=O)(=O)c1ccc(N2CCOCC2)c(N)c1. The molecule has 0 saturated carbocycles. The number of nitrogens with one attached hydrogen (secondary N) is 1. The van der Waals surface area contributed by atoms with Crippen molar-refractivity contribution >= 4 is 21.4 Å². The van der Waals surface area contributed by atoms with Gasteiger partial charge in [0.05, 0.1) is 29.5 Å². The van der Waals surface area contributed by atoms with E-state index in [2.05, 4.69) is 16.5 Å². The molecule has 1 aliphatic heterocycles. The largest absolute Gasteiger partial charge is 0.397 e. The van der Waals surface area contributed by atoms with E-state index in [-0.39, 0.29) is 4.90 Å². The summed E-state index contributed by atoms with van der Waals surface area (Å²) in [6, 6.07) is 5.02. The van der Waals surface area contributed by atoms with Crippen LogP contribution in [0.3, 0.4) is 0 Å². The van der Waals surface area contributed by atoms with Crippen molar-refractivity contribution in [2.75, 3.05) is 43.5 Å². The molecule has 0 atom stereocenters. The molecule has 33 heavy (non-hydrogen) atoms. The molecule has 1 fully saturated rings. The number of ether oxygens (including phenoxy) is 1. The first-order valence-electron chi connectivity index (χ1n) is 13.3. The molecule has 1 aromatic carbocycles. The number of rotatable bonds is 18. The van der Waals surface area contributed by atoms with Gasteiger partial charge in [-0.05, 0) is 24.6 Å². The molecule has 3 N–H and O–H groups in total. The van der Waals surface area contributed by atoms with E-state index in [0.29, 0.717) is 25.4 Å². The predicted molar refractivity (Wildman–Crippen MR) is 139 cm³/mol. The van der Waals surface area contributed by atoms with Crippen LogP contribution in [0.2, 0.25) is 0 Å². The van der Waals surface area contributed by atoms with Crippen LogP contribution in [0.5, 0.6) is 0 Å². The Bertz CT molecular complexity index is 749. The maximum atomic E-state index is 12.6. The average molecular weight is 482 g/mol. The van der Waals surface area contributed by atoms with Crippen molar-refractivity contribution in [1.82, 2.24) is 4.72 Å². The molecular formula is C26H47N3O3S. The number of hydrogen-bond acceptors (Lipinski definition) is 5. The number of nitrogen functional groups attached to an aromatic ring is 1. The highest BCUT2D eigenvalue weighted by Gasteiger charge is 2.18. The second kappa shape index (κ2) is 16.3. The molecule has 0 amide bonds. The van der Waals surface area contributed by atoms with E-state index >= 15 is 0 Å². The number of hydrogen-bond donors (Lipinski definition) is 2. The summed E-state index contributed by atoms with van der Waals surface area (Å²) in [4.78, 5) is 2.37. The van der Waals surface area contributed by atoms with Gasteiger partial charge in [-0.3, -0.25) is 0 Å². The highest BCUT2D eigenvalue weighted by molar-refractivity contribution is 7.89. The first-order chi connectivity index (χ1) is 16.0. The molecule has 7 heteroatoms. The number of sulfonamides is 1. The Balaban J connectivity index is 1.52. The van der Waals surface area contributed by atoms with Crippen LogP contribution in [0.4, 0.5) is 11.4 Å². The van der Waals surface area contributed by atoms with Crippen LogP contribution in [0.1, 0.15) is 96.8 Å². The Hall–Kier alpha value is -1.31. The van der Waals surface area contributed by atoms with Crippen LogP contribution >= 0.6 is 0 Å². The maximum Gasteiger partial charge on any atom is 0.240 e. The number of nitrogens with two attached hydrogens (primary N) is 1. The molecule has 6 nitrogen and oxygen atoms in total. The highest BCUT2D eigenvalue weighted by atomic mass is 32.2. The molecule has 1 aromatic rings. The molecule has 0 bridgehead atoms. The molecule has 1 heterocycles. The third-order valence-electron chi connectivity index (χ3n) is 6.48. The fourth-order valence-electron chi connectivity index (χ4n) is 4.40. The van der Waals surface area contributed by atoms with E-state index in [1.54, 1.807) is 12.1 Å². The molecule has 2 rings (SSSR count). The number of unbranched alkanes of at least 4 members (excludes halogenated alkanes) is 13. The summed E-state index contributed by atoms with van der Waals surface area (Å²) in [6.45, 7) is 5.62. The van der Waals surface area contributed by atoms with Gasteiger partial charge in [-0.1, -0.05) is 90.4 Å². The summed E-state index contributed by atoms with van der Waals surface area (Å²) in [5, 5.41) is 0. The normalized spacial score (nSPS) is 14.6. The average Bonchev–Trinajstić information content (AvgIpc) is 2.82. The van der Waals surface area contributed by atoms with Gasteiger partial charge in [-0.15, -0.1) is 0 Å².